The van der Waals surface area contributed by atoms with Crippen molar-refractivity contribution in [3.8, 4) is 11.1 Å². The van der Waals surface area contributed by atoms with Crippen LogP contribution in [0.3, 0.4) is 0 Å². The summed E-state index contributed by atoms with van der Waals surface area (Å²) in [5.41, 5.74) is 4.75. The van der Waals surface area contributed by atoms with Crippen LogP contribution < -0.4 is 0 Å². The molecule has 0 saturated carbocycles. The Morgan fingerprint density at radius 1 is 0.952 bits per heavy atom. The van der Waals surface area contributed by atoms with Crippen LogP contribution in [0.25, 0.3) is 22.0 Å². The van der Waals surface area contributed by atoms with Gasteiger partial charge in [-0.1, -0.05) is 19.9 Å². The first kappa shape index (κ1) is 13.8. The zero-order valence-electron chi connectivity index (χ0n) is 13.0. The third-order valence-electron chi connectivity index (χ3n) is 3.79. The van der Waals surface area contributed by atoms with Crippen molar-refractivity contribution in [1.29, 1.82) is 0 Å². The summed E-state index contributed by atoms with van der Waals surface area (Å²) in [5.74, 6) is 0.442. The van der Waals surface area contributed by atoms with Crippen molar-refractivity contribution >= 4 is 10.9 Å². The molecule has 0 unspecified atom stereocenters. The number of nitrogens with zero attached hydrogens (tertiary/aromatic N) is 3. The van der Waals surface area contributed by atoms with Gasteiger partial charge in [-0.15, -0.1) is 0 Å². The molecule has 0 amide bonds. The molecule has 3 rings (SSSR count). The van der Waals surface area contributed by atoms with Gasteiger partial charge in [0.1, 0.15) is 0 Å². The van der Waals surface area contributed by atoms with Crippen molar-refractivity contribution in [1.82, 2.24) is 14.8 Å². The number of benzene rings is 1. The van der Waals surface area contributed by atoms with Crippen molar-refractivity contribution in [2.75, 3.05) is 0 Å². The van der Waals surface area contributed by atoms with Crippen LogP contribution in [-0.4, -0.2) is 14.8 Å². The lowest BCUT2D eigenvalue weighted by Gasteiger charge is -2.09. The number of fused-ring (bicyclic) bond motifs is 1. The third kappa shape index (κ3) is 2.56. The highest BCUT2D eigenvalue weighted by Gasteiger charge is 2.08. The third-order valence-corrected chi connectivity index (χ3v) is 3.79. The van der Waals surface area contributed by atoms with Crippen LogP contribution in [0.5, 0.6) is 0 Å². The number of hydrogen-bond acceptors (Lipinski definition) is 2. The Morgan fingerprint density at radius 2 is 1.71 bits per heavy atom. The molecule has 0 fully saturated rings. The fourth-order valence-corrected chi connectivity index (χ4v) is 2.59. The summed E-state index contributed by atoms with van der Waals surface area (Å²) in [6.07, 6.45) is 3.84. The summed E-state index contributed by atoms with van der Waals surface area (Å²) in [6, 6.07) is 11.2. The van der Waals surface area contributed by atoms with Crippen LogP contribution in [0, 0.1) is 0 Å². The van der Waals surface area contributed by atoms with E-state index < -0.39 is 0 Å². The zero-order valence-corrected chi connectivity index (χ0v) is 13.0. The summed E-state index contributed by atoms with van der Waals surface area (Å²) >= 11 is 0. The minimum absolute atomic E-state index is 0.377. The van der Waals surface area contributed by atoms with E-state index in [1.807, 2.05) is 12.4 Å². The SMILES string of the molecule is CC(C)c1cc(-c2ccc3c(cnn3C(C)C)c2)ccn1. The average Bonchev–Trinajstić information content (AvgIpc) is 2.90. The van der Waals surface area contributed by atoms with E-state index in [9.17, 15) is 0 Å². The van der Waals surface area contributed by atoms with Gasteiger partial charge in [0.05, 0.1) is 11.7 Å². The largest absolute Gasteiger partial charge is 0.262 e. The summed E-state index contributed by atoms with van der Waals surface area (Å²) in [7, 11) is 0. The number of aromatic nitrogens is 3. The molecule has 0 spiro atoms. The summed E-state index contributed by atoms with van der Waals surface area (Å²) in [4.78, 5) is 4.44. The molecule has 0 bridgehead atoms. The van der Waals surface area contributed by atoms with Crippen LogP contribution in [0.15, 0.2) is 42.7 Å². The second kappa shape index (κ2) is 5.32. The van der Waals surface area contributed by atoms with E-state index in [0.29, 0.717) is 12.0 Å². The van der Waals surface area contributed by atoms with E-state index in [0.717, 1.165) is 5.69 Å². The molecular weight excluding hydrogens is 258 g/mol. The first-order chi connectivity index (χ1) is 10.1. The molecule has 0 saturated heterocycles. The van der Waals surface area contributed by atoms with Crippen LogP contribution in [0.4, 0.5) is 0 Å². The fourth-order valence-electron chi connectivity index (χ4n) is 2.59. The highest BCUT2D eigenvalue weighted by Crippen LogP contribution is 2.27. The maximum Gasteiger partial charge on any atom is 0.0685 e. The van der Waals surface area contributed by atoms with Gasteiger partial charge in [-0.05, 0) is 55.2 Å². The Bertz CT molecular complexity index is 769. The van der Waals surface area contributed by atoms with Crippen molar-refractivity contribution in [2.24, 2.45) is 0 Å². The normalized spacial score (nSPS) is 11.7. The molecule has 108 valence electrons. The van der Waals surface area contributed by atoms with Crippen molar-refractivity contribution < 1.29 is 0 Å². The molecule has 0 aliphatic rings. The van der Waals surface area contributed by atoms with Gasteiger partial charge in [-0.3, -0.25) is 9.67 Å². The Balaban J connectivity index is 2.07. The molecule has 3 aromatic rings. The average molecular weight is 279 g/mol. The van der Waals surface area contributed by atoms with Gasteiger partial charge in [0.15, 0.2) is 0 Å². The van der Waals surface area contributed by atoms with Crippen molar-refractivity contribution in [3.05, 3.63) is 48.4 Å². The Kier molecular flexibility index (Phi) is 3.50. The Hall–Kier alpha value is -2.16. The lowest BCUT2D eigenvalue weighted by atomic mass is 10.0. The van der Waals surface area contributed by atoms with E-state index in [1.165, 1.54) is 22.0 Å². The smallest absolute Gasteiger partial charge is 0.0685 e. The first-order valence-electron chi connectivity index (χ1n) is 7.50. The summed E-state index contributed by atoms with van der Waals surface area (Å²) in [6.45, 7) is 8.64. The second-order valence-electron chi connectivity index (χ2n) is 6.08. The summed E-state index contributed by atoms with van der Waals surface area (Å²) in [5, 5.41) is 5.66. The molecule has 0 atom stereocenters. The predicted octanol–water partition coefficient (Wildman–Crippen LogP) is 4.80. The van der Waals surface area contributed by atoms with Crippen molar-refractivity contribution in [3.63, 3.8) is 0 Å². The Labute approximate surface area is 125 Å². The topological polar surface area (TPSA) is 30.7 Å². The molecule has 0 aliphatic heterocycles. The van der Waals surface area contributed by atoms with E-state index in [4.69, 9.17) is 0 Å². The van der Waals surface area contributed by atoms with E-state index in [1.54, 1.807) is 0 Å². The Morgan fingerprint density at radius 3 is 2.43 bits per heavy atom. The van der Waals surface area contributed by atoms with Crippen LogP contribution >= 0.6 is 0 Å². The van der Waals surface area contributed by atoms with Gasteiger partial charge < -0.3 is 0 Å². The van der Waals surface area contributed by atoms with Gasteiger partial charge in [-0.2, -0.15) is 5.10 Å². The second-order valence-corrected chi connectivity index (χ2v) is 6.08. The van der Waals surface area contributed by atoms with Gasteiger partial charge in [0.25, 0.3) is 0 Å². The lowest BCUT2D eigenvalue weighted by Crippen LogP contribution is -2.01. The molecule has 0 radical (unpaired) electrons. The number of pyridine rings is 1. The highest BCUT2D eigenvalue weighted by atomic mass is 15.3. The van der Waals surface area contributed by atoms with E-state index in [2.05, 4.69) is 72.8 Å². The minimum atomic E-state index is 0.377. The lowest BCUT2D eigenvalue weighted by molar-refractivity contribution is 0.551. The molecule has 2 heterocycles. The van der Waals surface area contributed by atoms with E-state index >= 15 is 0 Å². The number of hydrogen-bond donors (Lipinski definition) is 0. The number of rotatable bonds is 3. The fraction of sp³-hybridized carbons (Fsp3) is 0.333. The molecule has 0 N–H and O–H groups in total. The molecular formula is C18H21N3. The van der Waals surface area contributed by atoms with Crippen molar-refractivity contribution in [2.45, 2.75) is 39.7 Å². The van der Waals surface area contributed by atoms with Crippen LogP contribution in [0.2, 0.25) is 0 Å². The van der Waals surface area contributed by atoms with Crippen LogP contribution in [0.1, 0.15) is 45.3 Å². The molecule has 0 aliphatic carbocycles. The van der Waals surface area contributed by atoms with Gasteiger partial charge in [0.2, 0.25) is 0 Å². The van der Waals surface area contributed by atoms with E-state index in [-0.39, 0.29) is 0 Å². The standard InChI is InChI=1S/C18H21N3/c1-12(2)17-10-15(7-8-19-17)14-5-6-18-16(9-14)11-20-21(18)13(3)4/h5-13H,1-4H3. The monoisotopic (exact) mass is 279 g/mol. The maximum atomic E-state index is 4.48. The van der Waals surface area contributed by atoms with Gasteiger partial charge in [-0.25, -0.2) is 0 Å². The predicted molar refractivity (Wildman–Crippen MR) is 87.4 cm³/mol. The molecule has 1 aromatic carbocycles. The molecule has 3 heteroatoms. The first-order valence-corrected chi connectivity index (χ1v) is 7.50. The quantitative estimate of drug-likeness (QED) is 0.689. The summed E-state index contributed by atoms with van der Waals surface area (Å²) < 4.78 is 2.06. The molecule has 2 aromatic heterocycles. The van der Waals surface area contributed by atoms with Crippen LogP contribution in [-0.2, 0) is 0 Å². The zero-order chi connectivity index (χ0) is 15.0. The maximum absolute atomic E-state index is 4.48. The minimum Gasteiger partial charge on any atom is -0.262 e. The van der Waals surface area contributed by atoms with Gasteiger partial charge in [0, 0.05) is 23.3 Å². The highest BCUT2D eigenvalue weighted by molar-refractivity contribution is 5.84. The van der Waals surface area contributed by atoms with Gasteiger partial charge >= 0.3 is 0 Å². The molecule has 3 nitrogen and oxygen atoms in total. The molecule has 21 heavy (non-hydrogen) atoms.